The van der Waals surface area contributed by atoms with Crippen LogP contribution >= 0.6 is 0 Å². The van der Waals surface area contributed by atoms with Crippen molar-refractivity contribution in [3.8, 4) is 44.5 Å². The molecule has 0 radical (unpaired) electrons. The molecule has 0 heterocycles. The number of carbonyl (C=O) groups is 19. The van der Waals surface area contributed by atoms with Crippen molar-refractivity contribution in [1.82, 2.24) is 21.3 Å². The van der Waals surface area contributed by atoms with E-state index in [2.05, 4.69) is 21.3 Å². The number of carbonyl (C=O) groups excluding carboxylic acids is 15. The average Bonchev–Trinajstić information content (AvgIpc) is 0.867. The Bertz CT molecular complexity index is 5110. The van der Waals surface area contributed by atoms with Gasteiger partial charge in [-0.3, -0.25) is 91.1 Å². The van der Waals surface area contributed by atoms with E-state index in [1.807, 2.05) is 218 Å². The van der Waals surface area contributed by atoms with Gasteiger partial charge in [0.1, 0.15) is 0 Å². The summed E-state index contributed by atoms with van der Waals surface area (Å²) in [5.74, 6) is -12.4. The van der Waals surface area contributed by atoms with Crippen molar-refractivity contribution >= 4 is 113 Å². The normalized spacial score (nSPS) is 12.1. The van der Waals surface area contributed by atoms with E-state index in [1.165, 1.54) is 0 Å². The van der Waals surface area contributed by atoms with E-state index in [9.17, 15) is 81.5 Å². The number of rotatable bonds is 57. The van der Waals surface area contributed by atoms with Crippen molar-refractivity contribution < 1.29 is 112 Å². The smallest absolute Gasteiger partial charge is 0.303 e. The van der Waals surface area contributed by atoms with Gasteiger partial charge >= 0.3 is 11.9 Å². The summed E-state index contributed by atoms with van der Waals surface area (Å²) in [5, 5.41) is 42.4. The lowest BCUT2D eigenvalue weighted by Crippen LogP contribution is -2.43. The minimum atomic E-state index is -1.06. The van der Waals surface area contributed by atoms with Crippen molar-refractivity contribution in [2.75, 3.05) is 6.54 Å². The number of aliphatic carboxylic acids is 2. The molecule has 750 valence electrons. The first-order valence-electron chi connectivity index (χ1n) is 46.1. The maximum absolute atomic E-state index is 12.8. The van der Waals surface area contributed by atoms with Crippen LogP contribution in [0.2, 0.25) is 0 Å². The first kappa shape index (κ1) is 119. The number of nitrogens with one attached hydrogen (secondary N) is 4. The number of primary amides is 7. The van der Waals surface area contributed by atoms with E-state index in [4.69, 9.17) is 75.9 Å². The van der Waals surface area contributed by atoms with E-state index in [0.29, 0.717) is 64.3 Å². The molecule has 24 N–H and O–H groups in total. The van der Waals surface area contributed by atoms with Gasteiger partial charge in [0.05, 0.1) is 24.2 Å². The van der Waals surface area contributed by atoms with Crippen molar-refractivity contribution in [1.29, 1.82) is 0 Å². The summed E-state index contributed by atoms with van der Waals surface area (Å²) in [5.41, 5.74) is 55.1. The van der Waals surface area contributed by atoms with E-state index in [1.54, 1.807) is 13.8 Å². The van der Waals surface area contributed by atoms with E-state index < -0.39 is 107 Å². The van der Waals surface area contributed by atoms with Gasteiger partial charge in [0.2, 0.25) is 65.0 Å². The largest absolute Gasteiger partial charge is 0.483 e. The van der Waals surface area contributed by atoms with Crippen LogP contribution in [0.5, 0.6) is 0 Å². The summed E-state index contributed by atoms with van der Waals surface area (Å²) in [4.78, 5) is 219. The van der Waals surface area contributed by atoms with Gasteiger partial charge < -0.3 is 87.6 Å². The summed E-state index contributed by atoms with van der Waals surface area (Å²) >= 11 is 0. The van der Waals surface area contributed by atoms with Crippen LogP contribution in [-0.4, -0.2) is 164 Å². The average molecular weight is 1930 g/mol. The first-order valence-corrected chi connectivity index (χ1v) is 46.1. The van der Waals surface area contributed by atoms with Crippen LogP contribution in [0.25, 0.3) is 44.5 Å². The van der Waals surface area contributed by atoms with Gasteiger partial charge in [-0.05, 0) is 157 Å². The second kappa shape index (κ2) is 67.6. The number of carboxylic acid groups (broad SMARTS) is 4. The Hall–Kier alpha value is -15.6. The highest BCUT2D eigenvalue weighted by atomic mass is 16.4. The van der Waals surface area contributed by atoms with Gasteiger partial charge in [-0.2, -0.15) is 0 Å². The third-order valence-electron chi connectivity index (χ3n) is 22.4. The molecule has 0 spiro atoms. The minimum absolute atomic E-state index is 0.000234. The van der Waals surface area contributed by atoms with Crippen LogP contribution in [0.4, 0.5) is 0 Å². The van der Waals surface area contributed by atoms with Crippen molar-refractivity contribution in [3.63, 3.8) is 0 Å². The van der Waals surface area contributed by atoms with Gasteiger partial charge in [-0.25, -0.2) is 0 Å². The number of hydrogen-bond acceptors (Lipinski definition) is 20. The lowest BCUT2D eigenvalue weighted by Gasteiger charge is -2.20. The monoisotopic (exact) mass is 1930 g/mol. The quantitative estimate of drug-likeness (QED) is 0.0125. The molecule has 0 saturated heterocycles. The maximum atomic E-state index is 12.8. The number of hydrogen-bond donors (Lipinski definition) is 16. The molecule has 0 unspecified atom stereocenters. The third-order valence-corrected chi connectivity index (χ3v) is 22.4. The maximum Gasteiger partial charge on any atom is 0.303 e. The summed E-state index contributed by atoms with van der Waals surface area (Å²) in [6.07, 6.45) is 4.03. The van der Waals surface area contributed by atoms with Crippen LogP contribution in [0, 0.1) is 23.7 Å². The molecule has 8 rings (SSSR count). The van der Waals surface area contributed by atoms with Crippen LogP contribution in [0.1, 0.15) is 184 Å². The van der Waals surface area contributed by atoms with Crippen molar-refractivity contribution in [3.05, 3.63) is 241 Å². The molecule has 140 heavy (non-hydrogen) atoms. The lowest BCUT2D eigenvalue weighted by molar-refractivity contribution is -0.139. The molecule has 8 aromatic carbocycles. The molecule has 0 aliphatic carbocycles. The number of benzene rings is 8. The summed E-state index contributed by atoms with van der Waals surface area (Å²) in [6.45, 7) is 3.53. The van der Waals surface area contributed by atoms with Gasteiger partial charge in [0.25, 0.3) is 12.9 Å². The number of nitrogens with two attached hydrogens (primary N) is 8. The minimum Gasteiger partial charge on any atom is -0.483 e. The summed E-state index contributed by atoms with van der Waals surface area (Å²) in [7, 11) is 0. The van der Waals surface area contributed by atoms with E-state index in [-0.39, 0.29) is 169 Å². The summed E-state index contributed by atoms with van der Waals surface area (Å²) in [6, 6.07) is 68.3. The summed E-state index contributed by atoms with van der Waals surface area (Å²) < 4.78 is 0. The fourth-order valence-electron chi connectivity index (χ4n) is 14.5. The molecular weight excluding hydrogens is 1800 g/mol. The Morgan fingerprint density at radius 1 is 0.271 bits per heavy atom. The highest BCUT2D eigenvalue weighted by Gasteiger charge is 2.32. The van der Waals surface area contributed by atoms with E-state index >= 15 is 0 Å². The van der Waals surface area contributed by atoms with Crippen LogP contribution < -0.4 is 67.1 Å². The second-order valence-electron chi connectivity index (χ2n) is 33.0. The van der Waals surface area contributed by atoms with Gasteiger partial charge in [-0.1, -0.05) is 239 Å². The molecule has 35 heteroatoms. The SMILES string of the molecule is CC[C@H](NC(=O)CCc1ccc(-c2ccccc2)cc1)C(=O)C[C@@H](CCC(=O)O)C(N)=O.CC[C@H](NC(=O)CCc1ccc(-c2ccccc2)cc1)C(=O)C[C@@H](CCC(N)=O)C(N)=O.NC(=O)CC[C@H](CC(=O)[C@H](CCC(N)=O)NC(=O)CCc1ccc(-c2ccccc2)cc1)C(N)=O.NCCCC[C@H](CC(=O)[C@H](CCC(=O)O)NC(=O)CCc1ccc(-c2ccccc2)cc1)C(N)=O.O=CO.O=CO. The standard InChI is InChI=1S/C27H35N3O5.C26H32N4O5.C25H31N3O4.C25H30N2O5.2CH2O2/c28-17-5-4-8-22(27(29)35)18-24(31)23(14-16-26(33)34)30-25(32)15-11-19-9-12-21(13-10-19)20-6-2-1-3-7-20;27-23(32)13-11-20(26(29)35)16-22(31)21(12-14-24(28)33)30-25(34)15-8-17-6-9-19(10-7-17)18-4-2-1-3-5-18;1-2-21(22(29)16-20(25(27)32)13-14-23(26)30)28-24(31)15-10-17-8-11-19(12-9-17)18-6-4-3-5-7-18;1-2-21(22(28)16-20(25(26)32)13-15-24(30)31)27-23(29)14-10-17-8-11-19(12-9-17)18-6-4-3-5-7-18;2*2-1-3/h1-3,6-7,9-10,12-13,22-23H,4-5,8,11,14-18,28H2,(H2,29,35)(H,30,32)(H,33,34);1-7,9-10,20-21H,8,11-16H2,(H2,27,32)(H2,28,33)(H2,29,35)(H,30,34);3-9,11-12,20-21H,2,10,13-16H2,1H3,(H2,26,30)(H2,27,32)(H,28,31);3-9,11-12,20-21H,2,10,13-16H2,1H3,(H2,26,32)(H,27,29)(H,30,31);2*1H,(H,2,3)/t22-,23+;3*20-,21+;;/m1111../s1. The Morgan fingerprint density at radius 2 is 0.471 bits per heavy atom. The molecule has 35 nitrogen and oxygen atoms in total. The number of unbranched alkanes of at least 4 members (excludes halogenated alkanes) is 1. The molecule has 8 aromatic rings. The fraction of sp³-hybridized carbons (Fsp3) is 0.362. The number of aryl methyl sites for hydroxylation is 4. The van der Waals surface area contributed by atoms with Crippen LogP contribution in [-0.2, 0) is 117 Å². The first-order chi connectivity index (χ1) is 66.9. The molecule has 0 aliphatic heterocycles. The molecule has 0 fully saturated rings. The Morgan fingerprint density at radius 3 is 0.693 bits per heavy atom. The Labute approximate surface area is 814 Å². The molecule has 11 amide bonds. The van der Waals surface area contributed by atoms with Crippen molar-refractivity contribution in [2.24, 2.45) is 69.5 Å². The van der Waals surface area contributed by atoms with Gasteiger partial charge in [0, 0.05) is 107 Å². The molecule has 0 aliphatic rings. The van der Waals surface area contributed by atoms with Crippen LogP contribution in [0.3, 0.4) is 0 Å². The zero-order valence-corrected chi connectivity index (χ0v) is 79.0. The number of ketones is 4. The predicted octanol–water partition coefficient (Wildman–Crippen LogP) is 9.20. The Kier molecular flexibility index (Phi) is 57.3. The van der Waals surface area contributed by atoms with Crippen LogP contribution in [0.15, 0.2) is 218 Å². The predicted molar refractivity (Wildman–Crippen MR) is 528 cm³/mol. The molecule has 8 atom stereocenters. The second-order valence-corrected chi connectivity index (χ2v) is 33.0. The number of amides is 11. The fourth-order valence-corrected chi connectivity index (χ4v) is 14.5. The van der Waals surface area contributed by atoms with Gasteiger partial charge in [-0.15, -0.1) is 0 Å². The highest BCUT2D eigenvalue weighted by Crippen LogP contribution is 2.27. The molecule has 0 aromatic heterocycles. The molecule has 0 saturated carbocycles. The Balaban J connectivity index is 0.000000471. The third kappa shape index (κ3) is 49.8. The zero-order chi connectivity index (χ0) is 104. The van der Waals surface area contributed by atoms with Crippen molar-refractivity contribution in [2.45, 2.75) is 211 Å². The lowest BCUT2D eigenvalue weighted by atomic mass is 9.91. The molecular formula is C105H132N12O23. The van der Waals surface area contributed by atoms with E-state index in [0.717, 1.165) is 66.8 Å². The number of carboxylic acids is 2. The zero-order valence-electron chi connectivity index (χ0n) is 79.0. The highest BCUT2D eigenvalue weighted by molar-refractivity contribution is 5.96. The topological polar surface area (TPSA) is 662 Å². The number of Topliss-reactive ketones (excluding diaryl/α,β-unsaturated/α-hetero) is 4. The van der Waals surface area contributed by atoms with Gasteiger partial charge in [0.15, 0.2) is 23.1 Å². The molecule has 0 bridgehead atoms.